The van der Waals surface area contributed by atoms with Crippen molar-refractivity contribution in [3.63, 3.8) is 0 Å². The number of carbonyl (C=O) groups is 1. The lowest BCUT2D eigenvalue weighted by molar-refractivity contribution is 0.102. The second kappa shape index (κ2) is 5.65. The molecule has 0 N–H and O–H groups in total. The number of ether oxygens (including phenoxy) is 2. The largest absolute Gasteiger partial charge is 0.486 e. The van der Waals surface area contributed by atoms with Gasteiger partial charge in [-0.15, -0.1) is 0 Å². The molecule has 0 atom stereocenters. The van der Waals surface area contributed by atoms with Gasteiger partial charge in [-0.3, -0.25) is 4.79 Å². The Morgan fingerprint density at radius 2 is 1.87 bits per heavy atom. The quantitative estimate of drug-likeness (QED) is 0.540. The van der Waals surface area contributed by atoms with E-state index in [2.05, 4.69) is 0 Å². The topological polar surface area (TPSA) is 48.7 Å². The molecule has 0 amide bonds. The summed E-state index contributed by atoms with van der Waals surface area (Å²) in [7, 11) is 0. The molecule has 114 valence electrons. The highest BCUT2D eigenvalue weighted by Crippen LogP contribution is 2.34. The van der Waals surface area contributed by atoms with Gasteiger partial charge in [-0.1, -0.05) is 30.3 Å². The molecule has 4 nitrogen and oxygen atoms in total. The highest BCUT2D eigenvalue weighted by Gasteiger charge is 2.15. The molecule has 0 saturated carbocycles. The summed E-state index contributed by atoms with van der Waals surface area (Å²) in [6.07, 6.45) is 3.22. The molecule has 1 aliphatic heterocycles. The van der Waals surface area contributed by atoms with Gasteiger partial charge in [0.2, 0.25) is 5.78 Å². The predicted molar refractivity (Wildman–Crippen MR) is 87.0 cm³/mol. The Morgan fingerprint density at radius 3 is 2.78 bits per heavy atom. The fourth-order valence-corrected chi connectivity index (χ4v) is 2.58. The molecule has 0 aliphatic carbocycles. The monoisotopic (exact) mass is 306 g/mol. The van der Waals surface area contributed by atoms with Crippen LogP contribution in [0.3, 0.4) is 0 Å². The molecule has 4 rings (SSSR count). The number of allylic oxidation sites excluding steroid dienone is 1. The molecular formula is C19H14O4. The minimum absolute atomic E-state index is 0.185. The normalized spacial score (nSPS) is 13.6. The summed E-state index contributed by atoms with van der Waals surface area (Å²) in [6, 6.07) is 14.9. The Morgan fingerprint density at radius 1 is 1.00 bits per heavy atom. The van der Waals surface area contributed by atoms with Gasteiger partial charge in [-0.05, 0) is 30.4 Å². The highest BCUT2D eigenvalue weighted by atomic mass is 16.6. The number of carbonyl (C=O) groups excluding carboxylic acids is 1. The Hall–Kier alpha value is -3.01. The fourth-order valence-electron chi connectivity index (χ4n) is 2.58. The van der Waals surface area contributed by atoms with E-state index < -0.39 is 0 Å². The average molecular weight is 306 g/mol. The van der Waals surface area contributed by atoms with Gasteiger partial charge in [-0.25, -0.2) is 0 Å². The number of hydrogen-bond donors (Lipinski definition) is 0. The first-order valence-corrected chi connectivity index (χ1v) is 7.41. The van der Waals surface area contributed by atoms with Crippen molar-refractivity contribution in [1.29, 1.82) is 0 Å². The summed E-state index contributed by atoms with van der Waals surface area (Å²) in [6.45, 7) is 1.05. The van der Waals surface area contributed by atoms with E-state index in [0.29, 0.717) is 36.1 Å². The van der Waals surface area contributed by atoms with Crippen LogP contribution in [0.5, 0.6) is 11.5 Å². The van der Waals surface area contributed by atoms with E-state index in [9.17, 15) is 4.79 Å². The lowest BCUT2D eigenvalue weighted by Gasteiger charge is -2.19. The van der Waals surface area contributed by atoms with Gasteiger partial charge in [0.25, 0.3) is 0 Å². The summed E-state index contributed by atoms with van der Waals surface area (Å²) in [5.41, 5.74) is 1.52. The molecule has 3 aromatic rings. The van der Waals surface area contributed by atoms with E-state index in [1.54, 1.807) is 12.1 Å². The Labute approximate surface area is 132 Å². The molecular weight excluding hydrogens is 292 g/mol. The zero-order valence-corrected chi connectivity index (χ0v) is 12.3. The predicted octanol–water partition coefficient (Wildman–Crippen LogP) is 4.10. The van der Waals surface area contributed by atoms with Crippen LogP contribution in [0.1, 0.15) is 16.1 Å². The third-order valence-corrected chi connectivity index (χ3v) is 3.68. The van der Waals surface area contributed by atoms with Crippen molar-refractivity contribution in [1.82, 2.24) is 0 Å². The van der Waals surface area contributed by atoms with Crippen molar-refractivity contribution in [2.45, 2.75) is 0 Å². The summed E-state index contributed by atoms with van der Waals surface area (Å²) in [5.74, 6) is 1.52. The number of hydrogen-bond acceptors (Lipinski definition) is 4. The van der Waals surface area contributed by atoms with Gasteiger partial charge >= 0.3 is 0 Å². The van der Waals surface area contributed by atoms with E-state index in [-0.39, 0.29) is 5.78 Å². The Bertz CT molecular complexity index is 872. The first-order chi connectivity index (χ1) is 11.3. The number of furan rings is 1. The smallest absolute Gasteiger partial charge is 0.221 e. The molecule has 0 bridgehead atoms. The lowest BCUT2D eigenvalue weighted by Crippen LogP contribution is -2.15. The van der Waals surface area contributed by atoms with Gasteiger partial charge in [0, 0.05) is 10.9 Å². The maximum absolute atomic E-state index is 12.3. The molecule has 4 heteroatoms. The maximum Gasteiger partial charge on any atom is 0.221 e. The second-order valence-corrected chi connectivity index (χ2v) is 5.22. The van der Waals surface area contributed by atoms with E-state index in [4.69, 9.17) is 13.9 Å². The van der Waals surface area contributed by atoms with Gasteiger partial charge in [0.05, 0.1) is 0 Å². The van der Waals surface area contributed by atoms with Gasteiger partial charge in [0.15, 0.2) is 17.3 Å². The molecule has 0 spiro atoms. The molecule has 23 heavy (non-hydrogen) atoms. The van der Waals surface area contributed by atoms with Gasteiger partial charge in [0.1, 0.15) is 18.8 Å². The molecule has 0 unspecified atom stereocenters. The van der Waals surface area contributed by atoms with Gasteiger partial charge < -0.3 is 13.9 Å². The van der Waals surface area contributed by atoms with Crippen LogP contribution < -0.4 is 9.47 Å². The van der Waals surface area contributed by atoms with Crippen molar-refractivity contribution in [2.24, 2.45) is 0 Å². The number of benzene rings is 2. The number of para-hydroxylation sites is 2. The van der Waals surface area contributed by atoms with Crippen molar-refractivity contribution >= 4 is 22.8 Å². The van der Waals surface area contributed by atoms with Crippen molar-refractivity contribution in [2.75, 3.05) is 13.2 Å². The highest BCUT2D eigenvalue weighted by molar-refractivity contribution is 6.07. The third kappa shape index (κ3) is 2.59. The van der Waals surface area contributed by atoms with Crippen molar-refractivity contribution in [3.8, 4) is 11.5 Å². The first-order valence-electron chi connectivity index (χ1n) is 7.41. The molecule has 2 aromatic carbocycles. The van der Waals surface area contributed by atoms with Crippen LogP contribution in [0.15, 0.2) is 59.0 Å². The molecule has 0 fully saturated rings. The van der Waals surface area contributed by atoms with E-state index in [1.165, 1.54) is 6.08 Å². The van der Waals surface area contributed by atoms with E-state index >= 15 is 0 Å². The Kier molecular flexibility index (Phi) is 3.35. The lowest BCUT2D eigenvalue weighted by atomic mass is 10.1. The number of fused-ring (bicyclic) bond motifs is 2. The zero-order chi connectivity index (χ0) is 15.6. The van der Waals surface area contributed by atoms with Crippen LogP contribution in [0.2, 0.25) is 0 Å². The minimum Gasteiger partial charge on any atom is -0.486 e. The molecule has 1 aliphatic rings. The molecule has 2 heterocycles. The summed E-state index contributed by atoms with van der Waals surface area (Å²) in [5, 5.41) is 0.915. The number of ketones is 1. The Balaban J connectivity index is 1.62. The first kappa shape index (κ1) is 13.6. The standard InChI is InChI=1S/C19H14O4/c20-15(18-12-14-4-1-2-6-16(14)23-18)9-8-13-5-3-7-17-19(13)22-11-10-21-17/h1-9,12H,10-11H2/b9-8+. The average Bonchev–Trinajstić information content (AvgIpc) is 3.04. The van der Waals surface area contributed by atoms with Crippen LogP contribution in [0.25, 0.3) is 17.0 Å². The van der Waals surface area contributed by atoms with Crippen molar-refractivity contribution < 1.29 is 18.7 Å². The van der Waals surface area contributed by atoms with Crippen molar-refractivity contribution in [3.05, 3.63) is 65.9 Å². The van der Waals surface area contributed by atoms with E-state index in [1.807, 2.05) is 42.5 Å². The van der Waals surface area contributed by atoms with Crippen LogP contribution in [0, 0.1) is 0 Å². The second-order valence-electron chi connectivity index (χ2n) is 5.22. The van der Waals surface area contributed by atoms with Crippen LogP contribution in [-0.2, 0) is 0 Å². The molecule has 1 aromatic heterocycles. The fraction of sp³-hybridized carbons (Fsp3) is 0.105. The van der Waals surface area contributed by atoms with Crippen LogP contribution >= 0.6 is 0 Å². The summed E-state index contributed by atoms with van der Waals surface area (Å²) < 4.78 is 16.7. The summed E-state index contributed by atoms with van der Waals surface area (Å²) in [4.78, 5) is 12.3. The maximum atomic E-state index is 12.3. The number of rotatable bonds is 3. The third-order valence-electron chi connectivity index (χ3n) is 3.68. The SMILES string of the molecule is O=C(/C=C/c1cccc2c1OCCO2)c1cc2ccccc2o1. The summed E-state index contributed by atoms with van der Waals surface area (Å²) >= 11 is 0. The van der Waals surface area contributed by atoms with Crippen LogP contribution in [0.4, 0.5) is 0 Å². The minimum atomic E-state index is -0.185. The van der Waals surface area contributed by atoms with Gasteiger partial charge in [-0.2, -0.15) is 0 Å². The van der Waals surface area contributed by atoms with E-state index in [0.717, 1.165) is 10.9 Å². The molecule has 0 saturated heterocycles. The zero-order valence-electron chi connectivity index (χ0n) is 12.3. The molecule has 0 radical (unpaired) electrons. The van der Waals surface area contributed by atoms with Crippen LogP contribution in [-0.4, -0.2) is 19.0 Å².